The van der Waals surface area contributed by atoms with Crippen LogP contribution in [-0.2, 0) is 4.74 Å². The van der Waals surface area contributed by atoms with Gasteiger partial charge in [0.15, 0.2) is 0 Å². The SMILES string of the molecule is COC(=O)c1ccc([N+](=O)[O-])c(NC2CCC(Oc3ncc(Cl)cc3Cl)CC2)c1. The van der Waals surface area contributed by atoms with Crippen LogP contribution in [0.3, 0.4) is 0 Å². The molecule has 10 heteroatoms. The molecule has 0 bridgehead atoms. The van der Waals surface area contributed by atoms with Gasteiger partial charge in [-0.25, -0.2) is 9.78 Å². The lowest BCUT2D eigenvalue weighted by molar-refractivity contribution is -0.384. The Balaban J connectivity index is 1.64. The molecule has 1 aromatic heterocycles. The summed E-state index contributed by atoms with van der Waals surface area (Å²) < 4.78 is 10.6. The quantitative estimate of drug-likeness (QED) is 0.388. The highest BCUT2D eigenvalue weighted by molar-refractivity contribution is 6.35. The molecule has 1 aromatic carbocycles. The number of halogens is 2. The van der Waals surface area contributed by atoms with E-state index in [2.05, 4.69) is 10.3 Å². The molecule has 3 rings (SSSR count). The number of benzene rings is 1. The third-order valence-corrected chi connectivity index (χ3v) is 5.18. The molecule has 1 fully saturated rings. The van der Waals surface area contributed by atoms with Gasteiger partial charge in [-0.2, -0.15) is 0 Å². The summed E-state index contributed by atoms with van der Waals surface area (Å²) in [5.74, 6) is -0.207. The predicted molar refractivity (Wildman–Crippen MR) is 109 cm³/mol. The van der Waals surface area contributed by atoms with Gasteiger partial charge in [0.2, 0.25) is 5.88 Å². The van der Waals surface area contributed by atoms with Crippen molar-refractivity contribution in [2.75, 3.05) is 12.4 Å². The lowest BCUT2D eigenvalue weighted by Crippen LogP contribution is -2.31. The molecule has 1 heterocycles. The summed E-state index contributed by atoms with van der Waals surface area (Å²) in [6, 6.07) is 5.71. The Bertz CT molecular complexity index is 917. The maximum Gasteiger partial charge on any atom is 0.337 e. The molecule has 8 nitrogen and oxygen atoms in total. The van der Waals surface area contributed by atoms with Crippen LogP contribution in [0.2, 0.25) is 10.0 Å². The molecule has 2 aromatic rings. The van der Waals surface area contributed by atoms with Gasteiger partial charge in [0.05, 0.1) is 22.6 Å². The highest BCUT2D eigenvalue weighted by atomic mass is 35.5. The van der Waals surface area contributed by atoms with Crippen LogP contribution in [0, 0.1) is 10.1 Å². The van der Waals surface area contributed by atoms with E-state index in [1.54, 1.807) is 6.07 Å². The lowest BCUT2D eigenvalue weighted by atomic mass is 9.92. The van der Waals surface area contributed by atoms with Crippen molar-refractivity contribution in [1.82, 2.24) is 4.98 Å². The number of carbonyl (C=O) groups is 1. The Hall–Kier alpha value is -2.58. The Labute approximate surface area is 177 Å². The Morgan fingerprint density at radius 1 is 1.24 bits per heavy atom. The molecule has 1 aliphatic rings. The average Bonchev–Trinajstić information content (AvgIpc) is 2.70. The monoisotopic (exact) mass is 439 g/mol. The Kier molecular flexibility index (Phi) is 6.76. The first-order valence-electron chi connectivity index (χ1n) is 8.98. The maximum absolute atomic E-state index is 11.7. The van der Waals surface area contributed by atoms with Crippen molar-refractivity contribution in [2.45, 2.75) is 37.8 Å². The highest BCUT2D eigenvalue weighted by Crippen LogP contribution is 2.32. The molecule has 29 heavy (non-hydrogen) atoms. The number of esters is 1. The summed E-state index contributed by atoms with van der Waals surface area (Å²) in [6.07, 6.45) is 4.33. The van der Waals surface area contributed by atoms with Crippen LogP contribution in [0.4, 0.5) is 11.4 Å². The van der Waals surface area contributed by atoms with Crippen molar-refractivity contribution in [2.24, 2.45) is 0 Å². The molecule has 154 valence electrons. The van der Waals surface area contributed by atoms with E-state index in [4.69, 9.17) is 32.7 Å². The zero-order chi connectivity index (χ0) is 21.0. The topological polar surface area (TPSA) is 104 Å². The van der Waals surface area contributed by atoms with Gasteiger partial charge < -0.3 is 14.8 Å². The third-order valence-electron chi connectivity index (χ3n) is 4.70. The molecular weight excluding hydrogens is 421 g/mol. The van der Waals surface area contributed by atoms with E-state index in [0.29, 0.717) is 21.6 Å². The molecule has 1 N–H and O–H groups in total. The number of anilines is 1. The Morgan fingerprint density at radius 3 is 2.59 bits per heavy atom. The largest absolute Gasteiger partial charge is 0.473 e. The average molecular weight is 440 g/mol. The molecule has 1 saturated carbocycles. The van der Waals surface area contributed by atoms with Gasteiger partial charge in [0.1, 0.15) is 16.8 Å². The van der Waals surface area contributed by atoms with Gasteiger partial charge >= 0.3 is 5.97 Å². The second-order valence-corrected chi connectivity index (χ2v) is 7.50. The van der Waals surface area contributed by atoms with E-state index in [0.717, 1.165) is 25.7 Å². The van der Waals surface area contributed by atoms with Gasteiger partial charge in [0, 0.05) is 18.3 Å². The first-order valence-corrected chi connectivity index (χ1v) is 9.74. The van der Waals surface area contributed by atoms with Crippen LogP contribution < -0.4 is 10.1 Å². The number of carbonyl (C=O) groups excluding carboxylic acids is 1. The van der Waals surface area contributed by atoms with E-state index in [9.17, 15) is 14.9 Å². The molecular formula is C19H19Cl2N3O5. The van der Waals surface area contributed by atoms with Crippen molar-refractivity contribution < 1.29 is 19.2 Å². The van der Waals surface area contributed by atoms with Crippen molar-refractivity contribution >= 4 is 40.5 Å². The molecule has 0 unspecified atom stereocenters. The zero-order valence-corrected chi connectivity index (χ0v) is 17.1. The van der Waals surface area contributed by atoms with E-state index >= 15 is 0 Å². The number of nitro benzene ring substituents is 1. The summed E-state index contributed by atoms with van der Waals surface area (Å²) >= 11 is 11.9. The number of pyridine rings is 1. The lowest BCUT2D eigenvalue weighted by Gasteiger charge is -2.30. The summed E-state index contributed by atoms with van der Waals surface area (Å²) in [7, 11) is 1.26. The number of nitrogens with one attached hydrogen (secondary N) is 1. The fourth-order valence-electron chi connectivity index (χ4n) is 3.25. The highest BCUT2D eigenvalue weighted by Gasteiger charge is 2.26. The fraction of sp³-hybridized carbons (Fsp3) is 0.368. The van der Waals surface area contributed by atoms with Crippen LogP contribution in [0.5, 0.6) is 5.88 Å². The summed E-state index contributed by atoms with van der Waals surface area (Å²) in [6.45, 7) is 0. The van der Waals surface area contributed by atoms with E-state index in [-0.39, 0.29) is 23.4 Å². The molecule has 0 aliphatic heterocycles. The molecule has 0 radical (unpaired) electrons. The van der Waals surface area contributed by atoms with E-state index in [1.807, 2.05) is 0 Å². The number of hydrogen-bond acceptors (Lipinski definition) is 7. The summed E-state index contributed by atoms with van der Waals surface area (Å²) in [5, 5.41) is 15.3. The number of nitro groups is 1. The van der Waals surface area contributed by atoms with Crippen LogP contribution in [0.1, 0.15) is 36.0 Å². The summed E-state index contributed by atoms with van der Waals surface area (Å²) in [4.78, 5) is 26.7. The maximum atomic E-state index is 11.7. The van der Waals surface area contributed by atoms with Gasteiger partial charge in [0.25, 0.3) is 5.69 Å². The zero-order valence-electron chi connectivity index (χ0n) is 15.6. The van der Waals surface area contributed by atoms with Gasteiger partial charge in [-0.3, -0.25) is 10.1 Å². The van der Waals surface area contributed by atoms with Crippen LogP contribution in [0.15, 0.2) is 30.5 Å². The second kappa shape index (κ2) is 9.28. The van der Waals surface area contributed by atoms with Crippen LogP contribution in [0.25, 0.3) is 0 Å². The van der Waals surface area contributed by atoms with Gasteiger partial charge in [-0.1, -0.05) is 23.2 Å². The first-order chi connectivity index (χ1) is 13.9. The minimum Gasteiger partial charge on any atom is -0.473 e. The smallest absolute Gasteiger partial charge is 0.337 e. The first kappa shape index (κ1) is 21.1. The number of nitrogens with zero attached hydrogens (tertiary/aromatic N) is 2. The minimum absolute atomic E-state index is 0.00935. The van der Waals surface area contributed by atoms with Crippen LogP contribution in [-0.4, -0.2) is 35.1 Å². The van der Waals surface area contributed by atoms with E-state index < -0.39 is 10.9 Å². The molecule has 1 aliphatic carbocycles. The number of rotatable bonds is 6. The normalized spacial score (nSPS) is 18.7. The number of methoxy groups -OCH3 is 1. The van der Waals surface area contributed by atoms with E-state index in [1.165, 1.54) is 31.5 Å². The molecule has 0 amide bonds. The minimum atomic E-state index is -0.549. The Morgan fingerprint density at radius 2 is 1.97 bits per heavy atom. The molecule has 0 spiro atoms. The standard InChI is InChI=1S/C19H19Cl2N3O5/c1-28-19(25)11-2-7-17(24(26)27)16(8-11)23-13-3-5-14(6-4-13)29-18-15(21)9-12(20)10-22-18/h2,7-10,13-14,23H,3-6H2,1H3. The third kappa shape index (κ3) is 5.27. The summed E-state index contributed by atoms with van der Waals surface area (Å²) in [5.41, 5.74) is 0.457. The fourth-order valence-corrected chi connectivity index (χ4v) is 3.67. The van der Waals surface area contributed by atoms with Crippen LogP contribution >= 0.6 is 23.2 Å². The van der Waals surface area contributed by atoms with Crippen molar-refractivity contribution in [3.63, 3.8) is 0 Å². The van der Waals surface area contributed by atoms with Crippen molar-refractivity contribution in [1.29, 1.82) is 0 Å². The second-order valence-electron chi connectivity index (χ2n) is 6.66. The van der Waals surface area contributed by atoms with Crippen molar-refractivity contribution in [3.8, 4) is 5.88 Å². The van der Waals surface area contributed by atoms with Gasteiger partial charge in [-0.15, -0.1) is 0 Å². The molecule has 0 saturated heterocycles. The van der Waals surface area contributed by atoms with Gasteiger partial charge in [-0.05, 0) is 43.9 Å². The van der Waals surface area contributed by atoms with Crippen molar-refractivity contribution in [3.05, 3.63) is 56.2 Å². The number of aromatic nitrogens is 1. The number of hydrogen-bond donors (Lipinski definition) is 1. The molecule has 0 atom stereocenters. The predicted octanol–water partition coefficient (Wildman–Crippen LogP) is 4.89. The number of ether oxygens (including phenoxy) is 2.